The van der Waals surface area contributed by atoms with Gasteiger partial charge in [0.1, 0.15) is 5.75 Å². The molecule has 1 aromatic heterocycles. The molecule has 230 valence electrons. The molecule has 0 aliphatic carbocycles. The molecule has 2 aromatic carbocycles. The molecule has 2 N–H and O–H groups in total. The number of nitrogens with one attached hydrogen (secondary N) is 1. The van der Waals surface area contributed by atoms with E-state index in [1.807, 2.05) is 55.4 Å². The molecule has 0 saturated carbocycles. The second-order valence-corrected chi connectivity index (χ2v) is 13.9. The highest BCUT2D eigenvalue weighted by atomic mass is 32.2. The number of unbranched alkanes of at least 4 members (excludes halogenated alkanes) is 4. The van der Waals surface area contributed by atoms with Gasteiger partial charge in [-0.3, -0.25) is 0 Å². The van der Waals surface area contributed by atoms with Gasteiger partial charge < -0.3 is 14.7 Å². The Morgan fingerprint density at radius 2 is 1.71 bits per heavy atom. The van der Waals surface area contributed by atoms with E-state index in [4.69, 9.17) is 4.74 Å². The normalized spacial score (nSPS) is 19.2. The summed E-state index contributed by atoms with van der Waals surface area (Å²) in [6.45, 7) is 4.84. The fraction of sp³-hybridized carbons (Fsp3) is 0.594. The number of hydrogen-bond donors (Lipinski definition) is 2. The van der Waals surface area contributed by atoms with Gasteiger partial charge in [-0.05, 0) is 73.6 Å². The van der Waals surface area contributed by atoms with Crippen LogP contribution >= 0.6 is 0 Å². The summed E-state index contributed by atoms with van der Waals surface area (Å²) in [5.74, 6) is 0.996. The van der Waals surface area contributed by atoms with Crippen LogP contribution in [0.5, 0.6) is 5.75 Å². The predicted octanol–water partition coefficient (Wildman–Crippen LogP) is 5.70. The number of aromatic amines is 1. The average Bonchev–Trinajstić information content (AvgIpc) is 3.48. The molecule has 4 rings (SSSR count). The van der Waals surface area contributed by atoms with E-state index in [1.54, 1.807) is 6.07 Å². The first-order valence-electron chi connectivity index (χ1n) is 15.4. The van der Waals surface area contributed by atoms with E-state index in [9.17, 15) is 13.5 Å². The van der Waals surface area contributed by atoms with Crippen molar-refractivity contribution < 1.29 is 18.3 Å². The lowest BCUT2D eigenvalue weighted by Crippen LogP contribution is -2.43. The fourth-order valence-corrected chi connectivity index (χ4v) is 8.39. The van der Waals surface area contributed by atoms with Crippen LogP contribution in [0.4, 0.5) is 5.69 Å². The van der Waals surface area contributed by atoms with Crippen LogP contribution < -0.4 is 9.64 Å². The first-order chi connectivity index (χ1) is 20.2. The predicted molar refractivity (Wildman–Crippen MR) is 166 cm³/mol. The van der Waals surface area contributed by atoms with E-state index < -0.39 is 27.3 Å². The van der Waals surface area contributed by atoms with Gasteiger partial charge in [0, 0.05) is 37.5 Å². The molecule has 0 fully saturated rings. The third-order valence-corrected chi connectivity index (χ3v) is 10.6. The summed E-state index contributed by atoms with van der Waals surface area (Å²) in [6, 6.07) is 13.4. The summed E-state index contributed by atoms with van der Waals surface area (Å²) in [5.41, 5.74) is 1.78. The largest absolute Gasteiger partial charge is 0.494 e. The number of hydrogen-bond acceptors (Lipinski definition) is 8. The first-order valence-corrected chi connectivity index (χ1v) is 17.0. The third-order valence-electron chi connectivity index (χ3n) is 8.60. The lowest BCUT2D eigenvalue weighted by molar-refractivity contribution is 0.0127. The van der Waals surface area contributed by atoms with Gasteiger partial charge in [0.05, 0.1) is 23.4 Å². The van der Waals surface area contributed by atoms with Crippen molar-refractivity contribution in [3.8, 4) is 5.75 Å². The first kappa shape index (κ1) is 31.9. The number of rotatable bonds is 15. The number of tetrazole rings is 1. The number of sulfone groups is 1. The molecule has 0 saturated heterocycles. The van der Waals surface area contributed by atoms with Crippen molar-refractivity contribution in [3.63, 3.8) is 0 Å². The highest BCUT2D eigenvalue weighted by Gasteiger charge is 2.49. The van der Waals surface area contributed by atoms with E-state index in [0.29, 0.717) is 29.9 Å². The lowest BCUT2D eigenvalue weighted by Gasteiger charge is -2.40. The molecule has 1 aliphatic rings. The maximum absolute atomic E-state index is 14.0. The van der Waals surface area contributed by atoms with Gasteiger partial charge in [-0.15, -0.1) is 10.2 Å². The lowest BCUT2D eigenvalue weighted by atomic mass is 9.68. The number of fused-ring (bicyclic) bond motifs is 1. The fourth-order valence-electron chi connectivity index (χ4n) is 6.20. The Hall–Kier alpha value is -2.98. The molecular formula is C32H47N5O4S. The second kappa shape index (κ2) is 14.5. The highest BCUT2D eigenvalue weighted by Crippen LogP contribution is 2.50. The van der Waals surface area contributed by atoms with Gasteiger partial charge in [0.2, 0.25) is 0 Å². The van der Waals surface area contributed by atoms with Gasteiger partial charge in [-0.2, -0.15) is 5.21 Å². The maximum atomic E-state index is 14.0. The Balaban J connectivity index is 1.61. The average molecular weight is 598 g/mol. The van der Waals surface area contributed by atoms with Crippen molar-refractivity contribution in [2.45, 2.75) is 95.0 Å². The number of aryl methyl sites for hydroxylation is 1. The minimum Gasteiger partial charge on any atom is -0.494 e. The Bertz CT molecular complexity index is 1350. The molecule has 42 heavy (non-hydrogen) atoms. The van der Waals surface area contributed by atoms with Crippen LogP contribution in [0.25, 0.3) is 0 Å². The molecule has 0 unspecified atom stereocenters. The van der Waals surface area contributed by atoms with E-state index >= 15 is 0 Å². The molecule has 3 aromatic rings. The van der Waals surface area contributed by atoms with Gasteiger partial charge in [0.25, 0.3) is 0 Å². The minimum absolute atomic E-state index is 0.0279. The smallest absolute Gasteiger partial charge is 0.179 e. The van der Waals surface area contributed by atoms with Crippen LogP contribution in [0.2, 0.25) is 0 Å². The van der Waals surface area contributed by atoms with Gasteiger partial charge >= 0.3 is 0 Å². The van der Waals surface area contributed by atoms with E-state index in [-0.39, 0.29) is 5.75 Å². The number of benzene rings is 2. The van der Waals surface area contributed by atoms with Crippen LogP contribution in [0, 0.1) is 5.41 Å². The number of ether oxygens (including phenoxy) is 1. The number of anilines is 1. The van der Waals surface area contributed by atoms with E-state index in [1.165, 1.54) is 0 Å². The third kappa shape index (κ3) is 7.50. The van der Waals surface area contributed by atoms with E-state index in [0.717, 1.165) is 74.2 Å². The van der Waals surface area contributed by atoms with Crippen LogP contribution in [-0.4, -0.2) is 66.7 Å². The van der Waals surface area contributed by atoms with Crippen molar-refractivity contribution >= 4 is 15.5 Å². The molecule has 0 spiro atoms. The molecular weight excluding hydrogens is 550 g/mol. The zero-order valence-corrected chi connectivity index (χ0v) is 26.4. The van der Waals surface area contributed by atoms with Crippen LogP contribution in [0.3, 0.4) is 0 Å². The molecule has 2 atom stereocenters. The Morgan fingerprint density at radius 1 is 1.00 bits per heavy atom. The summed E-state index contributed by atoms with van der Waals surface area (Å²) in [6.07, 6.45) is 7.86. The van der Waals surface area contributed by atoms with Gasteiger partial charge in [0.15, 0.2) is 15.7 Å². The number of aliphatic hydroxyl groups excluding tert-OH is 1. The van der Waals surface area contributed by atoms with Crippen molar-refractivity contribution in [2.75, 3.05) is 31.4 Å². The molecule has 9 nitrogen and oxygen atoms in total. The molecule has 10 heteroatoms. The summed E-state index contributed by atoms with van der Waals surface area (Å²) in [4.78, 5) is 2.31. The van der Waals surface area contributed by atoms with Gasteiger partial charge in [-0.25, -0.2) is 8.42 Å². The molecule has 0 radical (unpaired) electrons. The number of aromatic nitrogens is 4. The zero-order chi connectivity index (χ0) is 30.2. The quantitative estimate of drug-likeness (QED) is 0.214. The Labute approximate surface area is 251 Å². The summed E-state index contributed by atoms with van der Waals surface area (Å²) in [5, 5.41) is 26.3. The topological polar surface area (TPSA) is 121 Å². The zero-order valence-electron chi connectivity index (χ0n) is 25.6. The number of nitrogens with zero attached hydrogens (tertiary/aromatic N) is 4. The van der Waals surface area contributed by atoms with Crippen LogP contribution in [-0.2, 0) is 16.3 Å². The van der Waals surface area contributed by atoms with Crippen molar-refractivity contribution in [2.24, 2.45) is 5.41 Å². The number of H-pyrrole nitrogens is 1. The van der Waals surface area contributed by atoms with Gasteiger partial charge in [-0.1, -0.05) is 56.9 Å². The molecule has 1 aliphatic heterocycles. The monoisotopic (exact) mass is 597 g/mol. The molecule has 2 heterocycles. The van der Waals surface area contributed by atoms with Crippen molar-refractivity contribution in [1.82, 2.24) is 20.6 Å². The van der Waals surface area contributed by atoms with E-state index in [2.05, 4.69) is 34.5 Å². The van der Waals surface area contributed by atoms with Crippen molar-refractivity contribution in [3.05, 3.63) is 59.4 Å². The second-order valence-electron chi connectivity index (χ2n) is 11.9. The highest BCUT2D eigenvalue weighted by molar-refractivity contribution is 7.91. The SMILES string of the molecule is CCCCC1(CCCC)CS(=O)(=O)c2ccc(N(C)C)cc2[C@@H](c2ccc(OCCCCCc3nn[nH]n3)cc2)[C@H]1O. The Kier molecular flexibility index (Phi) is 11.0. The Morgan fingerprint density at radius 3 is 2.33 bits per heavy atom. The summed E-state index contributed by atoms with van der Waals surface area (Å²) in [7, 11) is 0.272. The summed E-state index contributed by atoms with van der Waals surface area (Å²) < 4.78 is 34.0. The van der Waals surface area contributed by atoms with Crippen LogP contribution in [0.1, 0.15) is 94.5 Å². The van der Waals surface area contributed by atoms with Crippen molar-refractivity contribution in [1.29, 1.82) is 0 Å². The summed E-state index contributed by atoms with van der Waals surface area (Å²) >= 11 is 0. The van der Waals surface area contributed by atoms with Crippen LogP contribution in [0.15, 0.2) is 47.4 Å². The molecule has 0 bridgehead atoms. The number of aliphatic hydroxyl groups is 1. The molecule has 0 amide bonds. The maximum Gasteiger partial charge on any atom is 0.179 e. The standard InChI is InChI=1S/C32H47N5O4S/c1-5-7-19-32(20-8-6-2)23-42(39,40)28-18-15-25(37(3)4)22-27(28)30(31(32)38)24-13-16-26(17-14-24)41-21-11-9-10-12-29-33-35-36-34-29/h13-18,22,30-31,38H,5-12,19-21,23H2,1-4H3,(H,33,34,35,36)/t30-,31-/m1/s1. The minimum atomic E-state index is -3.62.